The minimum atomic E-state index is -1.43. The number of aliphatic hydroxyl groups is 1. The van der Waals surface area contributed by atoms with Gasteiger partial charge in [-0.15, -0.1) is 0 Å². The average molecular weight is 517 g/mol. The van der Waals surface area contributed by atoms with Crippen molar-refractivity contribution in [2.45, 2.75) is 82.1 Å². The number of carboxylic acid groups (broad SMARTS) is 1. The van der Waals surface area contributed by atoms with Crippen LogP contribution in [0.15, 0.2) is 47.9 Å². The fourth-order valence-electron chi connectivity index (χ4n) is 4.90. The molecule has 1 saturated carbocycles. The molecule has 9 heteroatoms. The molecule has 0 spiro atoms. The van der Waals surface area contributed by atoms with Crippen molar-refractivity contribution in [3.05, 3.63) is 48.3 Å². The van der Waals surface area contributed by atoms with Crippen LogP contribution in [0.5, 0.6) is 0 Å². The van der Waals surface area contributed by atoms with E-state index in [1.807, 2.05) is 62.0 Å². The van der Waals surface area contributed by atoms with E-state index >= 15 is 0 Å². The number of carbonyl (C=O) groups is 2. The van der Waals surface area contributed by atoms with Gasteiger partial charge in [-0.05, 0) is 43.6 Å². The molecule has 1 aromatic heterocycles. The molecule has 36 heavy (non-hydrogen) atoms. The van der Waals surface area contributed by atoms with E-state index in [4.69, 9.17) is 0 Å². The number of amides is 2. The Bertz CT molecular complexity index is 979. The van der Waals surface area contributed by atoms with Crippen LogP contribution in [0.3, 0.4) is 0 Å². The number of unbranched alkanes of at least 4 members (excludes halogenated alkanes) is 1. The van der Waals surface area contributed by atoms with E-state index in [1.54, 1.807) is 18.0 Å². The maximum Gasteiger partial charge on any atom is 0.407 e. The van der Waals surface area contributed by atoms with Crippen LogP contribution in [0.4, 0.5) is 4.79 Å². The maximum absolute atomic E-state index is 13.0. The van der Waals surface area contributed by atoms with Gasteiger partial charge in [0.25, 0.3) is 5.91 Å². The SMILES string of the molecule is CCCC[C@@H](C(O)C(=O)N[C@H](C)c1ccccc1)N(CC1(CCSc2nccn2C)CCC1)C(=O)O. The first-order valence-electron chi connectivity index (χ1n) is 12.9. The average Bonchev–Trinajstić information content (AvgIpc) is 3.25. The highest BCUT2D eigenvalue weighted by molar-refractivity contribution is 7.99. The number of nitrogens with zero attached hydrogens (tertiary/aromatic N) is 3. The smallest absolute Gasteiger partial charge is 0.407 e. The Balaban J connectivity index is 1.69. The Kier molecular flexibility index (Phi) is 10.2. The summed E-state index contributed by atoms with van der Waals surface area (Å²) < 4.78 is 1.98. The number of benzene rings is 1. The molecule has 0 saturated heterocycles. The summed E-state index contributed by atoms with van der Waals surface area (Å²) in [6, 6.07) is 8.45. The number of hydrogen-bond acceptors (Lipinski definition) is 5. The lowest BCUT2D eigenvalue weighted by atomic mass is 9.66. The van der Waals surface area contributed by atoms with Crippen molar-refractivity contribution in [2.24, 2.45) is 12.5 Å². The normalized spacial score (nSPS) is 17.0. The molecule has 1 aromatic carbocycles. The van der Waals surface area contributed by atoms with E-state index in [-0.39, 0.29) is 11.5 Å². The third-order valence-electron chi connectivity index (χ3n) is 7.35. The standard InChI is InChI=1S/C27H40N4O4S/c1-4-5-12-22(23(32)24(33)29-20(2)21-10-7-6-8-11-21)31(26(34)35)19-27(13-9-14-27)15-18-36-25-28-16-17-30(25)3/h6-8,10-11,16-17,20,22-23,32H,4-5,9,12-15,18-19H2,1-3H3,(H,29,33)(H,34,35)/t20-,22+,23?/m1/s1. The van der Waals surface area contributed by atoms with Gasteiger partial charge in [0.2, 0.25) is 0 Å². The topological polar surface area (TPSA) is 108 Å². The molecule has 0 bridgehead atoms. The fraction of sp³-hybridized carbons (Fsp3) is 0.593. The van der Waals surface area contributed by atoms with Gasteiger partial charge in [0.1, 0.15) is 0 Å². The Hall–Kier alpha value is -2.52. The van der Waals surface area contributed by atoms with Crippen molar-refractivity contribution >= 4 is 23.8 Å². The highest BCUT2D eigenvalue weighted by Gasteiger charge is 2.43. The van der Waals surface area contributed by atoms with E-state index in [1.165, 1.54) is 4.90 Å². The highest BCUT2D eigenvalue weighted by atomic mass is 32.2. The minimum Gasteiger partial charge on any atom is -0.465 e. The van der Waals surface area contributed by atoms with Crippen molar-refractivity contribution in [3.63, 3.8) is 0 Å². The van der Waals surface area contributed by atoms with E-state index in [2.05, 4.69) is 10.3 Å². The molecule has 1 unspecified atom stereocenters. The van der Waals surface area contributed by atoms with E-state index in [0.717, 1.165) is 55.0 Å². The summed E-state index contributed by atoms with van der Waals surface area (Å²) >= 11 is 1.68. The Morgan fingerprint density at radius 3 is 2.56 bits per heavy atom. The fourth-order valence-corrected chi connectivity index (χ4v) is 6.02. The summed E-state index contributed by atoms with van der Waals surface area (Å²) in [7, 11) is 1.96. The van der Waals surface area contributed by atoms with Crippen molar-refractivity contribution in [1.29, 1.82) is 0 Å². The van der Waals surface area contributed by atoms with Crippen molar-refractivity contribution < 1.29 is 19.8 Å². The zero-order valence-electron chi connectivity index (χ0n) is 21.6. The van der Waals surface area contributed by atoms with Gasteiger partial charge in [-0.3, -0.25) is 4.79 Å². The van der Waals surface area contributed by atoms with Crippen molar-refractivity contribution in [2.75, 3.05) is 12.3 Å². The summed E-state index contributed by atoms with van der Waals surface area (Å²) in [5.41, 5.74) is 0.797. The second-order valence-corrected chi connectivity index (χ2v) is 11.0. The van der Waals surface area contributed by atoms with Crippen LogP contribution in [0, 0.1) is 5.41 Å². The highest BCUT2D eigenvalue weighted by Crippen LogP contribution is 2.46. The third-order valence-corrected chi connectivity index (χ3v) is 8.41. The molecule has 1 aliphatic carbocycles. The van der Waals surface area contributed by atoms with Crippen LogP contribution in [0.2, 0.25) is 0 Å². The second kappa shape index (κ2) is 13.1. The Morgan fingerprint density at radius 1 is 1.28 bits per heavy atom. The van der Waals surface area contributed by atoms with Gasteiger partial charge in [0.05, 0.1) is 12.1 Å². The van der Waals surface area contributed by atoms with E-state index in [9.17, 15) is 19.8 Å². The number of thioether (sulfide) groups is 1. The van der Waals surface area contributed by atoms with Crippen molar-refractivity contribution in [3.8, 4) is 0 Å². The van der Waals surface area contributed by atoms with Crippen LogP contribution in [-0.4, -0.2) is 61.1 Å². The first-order valence-corrected chi connectivity index (χ1v) is 13.9. The largest absolute Gasteiger partial charge is 0.465 e. The molecule has 8 nitrogen and oxygen atoms in total. The van der Waals surface area contributed by atoms with E-state index < -0.39 is 24.1 Å². The molecule has 2 amide bonds. The second-order valence-electron chi connectivity index (χ2n) is 9.98. The number of carbonyl (C=O) groups excluding carboxylic acids is 1. The molecule has 0 radical (unpaired) electrons. The maximum atomic E-state index is 13.0. The van der Waals surface area contributed by atoms with Crippen LogP contribution in [0.1, 0.15) is 70.4 Å². The zero-order valence-corrected chi connectivity index (χ0v) is 22.4. The van der Waals surface area contributed by atoms with Gasteiger partial charge in [-0.1, -0.05) is 68.3 Å². The lowest BCUT2D eigenvalue weighted by Gasteiger charge is -2.47. The van der Waals surface area contributed by atoms with E-state index in [0.29, 0.717) is 13.0 Å². The minimum absolute atomic E-state index is 0.130. The monoisotopic (exact) mass is 516 g/mol. The summed E-state index contributed by atoms with van der Waals surface area (Å²) in [5.74, 6) is 0.307. The summed E-state index contributed by atoms with van der Waals surface area (Å²) in [6.45, 7) is 4.21. The summed E-state index contributed by atoms with van der Waals surface area (Å²) in [5, 5.41) is 25.1. The molecule has 1 heterocycles. The molecule has 3 atom stereocenters. The molecule has 1 fully saturated rings. The lowest BCUT2D eigenvalue weighted by Crippen LogP contribution is -2.56. The molecule has 198 valence electrons. The molecular formula is C27H40N4O4S. The van der Waals surface area contributed by atoms with Crippen LogP contribution < -0.4 is 5.32 Å². The van der Waals surface area contributed by atoms with Gasteiger partial charge in [-0.2, -0.15) is 0 Å². The predicted octanol–water partition coefficient (Wildman–Crippen LogP) is 4.85. The molecule has 2 aromatic rings. The number of imidazole rings is 1. The molecule has 1 aliphatic rings. The van der Waals surface area contributed by atoms with Crippen molar-refractivity contribution in [1.82, 2.24) is 19.8 Å². The third kappa shape index (κ3) is 7.26. The summed E-state index contributed by atoms with van der Waals surface area (Å²) in [6.07, 6.45) is 7.03. The van der Waals surface area contributed by atoms with Gasteiger partial charge >= 0.3 is 6.09 Å². The Labute approximate surface area is 218 Å². The number of aromatic nitrogens is 2. The number of hydrogen-bond donors (Lipinski definition) is 3. The number of rotatable bonds is 14. The predicted molar refractivity (Wildman–Crippen MR) is 142 cm³/mol. The van der Waals surface area contributed by atoms with Gasteiger partial charge in [0.15, 0.2) is 11.3 Å². The molecular weight excluding hydrogens is 476 g/mol. The zero-order chi connectivity index (χ0) is 26.1. The summed E-state index contributed by atoms with van der Waals surface area (Å²) in [4.78, 5) is 31.2. The van der Waals surface area contributed by atoms with Gasteiger partial charge in [0, 0.05) is 31.7 Å². The first kappa shape index (κ1) is 28.1. The van der Waals surface area contributed by atoms with Crippen LogP contribution >= 0.6 is 11.8 Å². The van der Waals surface area contributed by atoms with Crippen LogP contribution in [-0.2, 0) is 11.8 Å². The molecule has 3 N–H and O–H groups in total. The van der Waals surface area contributed by atoms with Gasteiger partial charge in [-0.25, -0.2) is 9.78 Å². The Morgan fingerprint density at radius 2 is 2.00 bits per heavy atom. The first-order chi connectivity index (χ1) is 17.3. The van der Waals surface area contributed by atoms with Crippen LogP contribution in [0.25, 0.3) is 0 Å². The number of aryl methyl sites for hydroxylation is 1. The number of nitrogens with one attached hydrogen (secondary N) is 1. The molecule has 3 rings (SSSR count). The quantitative estimate of drug-likeness (QED) is 0.310. The van der Waals surface area contributed by atoms with Gasteiger partial charge < -0.3 is 25.0 Å². The lowest BCUT2D eigenvalue weighted by molar-refractivity contribution is -0.134. The number of aliphatic hydroxyl groups excluding tert-OH is 1. The molecule has 0 aliphatic heterocycles.